The molecule has 19 heavy (non-hydrogen) atoms. The molecule has 0 radical (unpaired) electrons. The first-order valence-corrected chi connectivity index (χ1v) is 6.48. The van der Waals surface area contributed by atoms with Crippen LogP contribution in [0.5, 0.6) is 0 Å². The van der Waals surface area contributed by atoms with E-state index in [1.165, 1.54) is 0 Å². The van der Waals surface area contributed by atoms with Crippen molar-refractivity contribution in [3.8, 4) is 0 Å². The Morgan fingerprint density at radius 3 is 2.68 bits per heavy atom. The number of ketones is 1. The lowest BCUT2D eigenvalue weighted by Gasteiger charge is -2.27. The van der Waals surface area contributed by atoms with Crippen molar-refractivity contribution in [3.05, 3.63) is 41.6 Å². The second kappa shape index (κ2) is 4.23. The Morgan fingerprint density at radius 2 is 1.95 bits per heavy atom. The molecule has 1 aromatic heterocycles. The largest absolute Gasteiger partial charge is 0.338 e. The number of Topliss-reactive ketones (excluding diaryl/α,β-unsaturated/α-hetero) is 1. The molecule has 1 aromatic carbocycles. The molecule has 0 fully saturated rings. The van der Waals surface area contributed by atoms with Crippen molar-refractivity contribution in [1.29, 1.82) is 0 Å². The average molecular weight is 255 g/mol. The number of carbonyl (C=O) groups excluding carboxylic acids is 1. The van der Waals surface area contributed by atoms with Crippen molar-refractivity contribution in [1.82, 2.24) is 10.2 Å². The summed E-state index contributed by atoms with van der Waals surface area (Å²) in [5.41, 5.74) is 2.62. The Balaban J connectivity index is 1.94. The first kappa shape index (κ1) is 12.0. The number of rotatable bonds is 2. The highest BCUT2D eigenvalue weighted by Gasteiger charge is 2.34. The number of nitrogens with one attached hydrogen (secondary N) is 2. The lowest BCUT2D eigenvalue weighted by atomic mass is 9.76. The zero-order valence-electron chi connectivity index (χ0n) is 11.2. The van der Waals surface area contributed by atoms with Crippen LogP contribution in [0.25, 0.3) is 0 Å². The number of nitrogens with zero attached hydrogens (tertiary/aromatic N) is 1. The Morgan fingerprint density at radius 1 is 1.21 bits per heavy atom. The molecule has 4 nitrogen and oxygen atoms in total. The van der Waals surface area contributed by atoms with Gasteiger partial charge in [0.25, 0.3) is 0 Å². The van der Waals surface area contributed by atoms with Gasteiger partial charge < -0.3 is 5.32 Å². The van der Waals surface area contributed by atoms with Crippen LogP contribution in [-0.4, -0.2) is 16.0 Å². The van der Waals surface area contributed by atoms with E-state index in [-0.39, 0.29) is 11.2 Å². The third-order valence-corrected chi connectivity index (χ3v) is 3.45. The summed E-state index contributed by atoms with van der Waals surface area (Å²) in [4.78, 5) is 12.3. The maximum Gasteiger partial charge on any atom is 0.169 e. The van der Waals surface area contributed by atoms with Crippen LogP contribution < -0.4 is 5.32 Å². The second-order valence-electron chi connectivity index (χ2n) is 5.86. The molecule has 0 amide bonds. The number of benzene rings is 1. The third-order valence-electron chi connectivity index (χ3n) is 3.45. The van der Waals surface area contributed by atoms with E-state index in [1.54, 1.807) is 0 Å². The normalized spacial score (nSPS) is 17.1. The van der Waals surface area contributed by atoms with Crippen LogP contribution in [0.15, 0.2) is 30.3 Å². The molecule has 4 heteroatoms. The molecular weight excluding hydrogens is 238 g/mol. The standard InChI is InChI=1S/C15H17N3O/c1-15(2)8-11-13(12(19)9-15)14(18-17-11)16-10-6-4-3-5-7-10/h3-7H,8-9H2,1-2H3,(H2,16,17,18). The summed E-state index contributed by atoms with van der Waals surface area (Å²) in [5, 5.41) is 10.5. The van der Waals surface area contributed by atoms with Crippen LogP contribution in [-0.2, 0) is 6.42 Å². The molecule has 1 aliphatic carbocycles. The lowest BCUT2D eigenvalue weighted by molar-refractivity contribution is 0.0912. The van der Waals surface area contributed by atoms with Gasteiger partial charge in [0.15, 0.2) is 11.6 Å². The summed E-state index contributed by atoms with van der Waals surface area (Å²) in [6, 6.07) is 9.77. The molecule has 0 spiro atoms. The molecule has 0 unspecified atom stereocenters. The van der Waals surface area contributed by atoms with Gasteiger partial charge in [0, 0.05) is 17.8 Å². The van der Waals surface area contributed by atoms with Crippen molar-refractivity contribution in [2.75, 3.05) is 5.32 Å². The molecule has 98 valence electrons. The molecule has 2 N–H and O–H groups in total. The van der Waals surface area contributed by atoms with Crippen molar-refractivity contribution < 1.29 is 4.79 Å². The maximum atomic E-state index is 12.3. The Labute approximate surface area is 112 Å². The quantitative estimate of drug-likeness (QED) is 0.865. The van der Waals surface area contributed by atoms with Gasteiger partial charge in [-0.3, -0.25) is 9.89 Å². The number of fused-ring (bicyclic) bond motifs is 1. The predicted molar refractivity (Wildman–Crippen MR) is 74.7 cm³/mol. The fourth-order valence-corrected chi connectivity index (χ4v) is 2.62. The van der Waals surface area contributed by atoms with Crippen LogP contribution >= 0.6 is 0 Å². The Kier molecular flexibility index (Phi) is 2.66. The number of para-hydroxylation sites is 1. The number of carbonyl (C=O) groups is 1. The van der Waals surface area contributed by atoms with Crippen LogP contribution in [0.2, 0.25) is 0 Å². The zero-order chi connectivity index (χ0) is 13.5. The summed E-state index contributed by atoms with van der Waals surface area (Å²) < 4.78 is 0. The van der Waals surface area contributed by atoms with E-state index >= 15 is 0 Å². The number of anilines is 2. The number of H-pyrrole nitrogens is 1. The van der Waals surface area contributed by atoms with Gasteiger partial charge in [0.05, 0.1) is 5.56 Å². The molecule has 1 heterocycles. The highest BCUT2D eigenvalue weighted by Crippen LogP contribution is 2.36. The minimum Gasteiger partial charge on any atom is -0.338 e. The molecule has 0 aliphatic heterocycles. The van der Waals surface area contributed by atoms with E-state index in [9.17, 15) is 4.79 Å². The third kappa shape index (κ3) is 2.26. The minimum absolute atomic E-state index is 0.0145. The number of aromatic amines is 1. The van der Waals surface area contributed by atoms with E-state index in [0.29, 0.717) is 12.2 Å². The fraction of sp³-hybridized carbons (Fsp3) is 0.333. The van der Waals surface area contributed by atoms with Gasteiger partial charge in [-0.25, -0.2) is 0 Å². The molecule has 2 aromatic rings. The van der Waals surface area contributed by atoms with Crippen LogP contribution in [0.3, 0.4) is 0 Å². The van der Waals surface area contributed by atoms with Crippen LogP contribution in [0.1, 0.15) is 36.3 Å². The van der Waals surface area contributed by atoms with E-state index in [1.807, 2.05) is 30.3 Å². The SMILES string of the molecule is CC1(C)CC(=O)c2c(Nc3ccccc3)n[nH]c2C1. The van der Waals surface area contributed by atoms with Crippen molar-refractivity contribution in [3.63, 3.8) is 0 Å². The maximum absolute atomic E-state index is 12.3. The van der Waals surface area contributed by atoms with Gasteiger partial charge >= 0.3 is 0 Å². The molecule has 0 bridgehead atoms. The number of hydrogen-bond donors (Lipinski definition) is 2. The first-order valence-electron chi connectivity index (χ1n) is 6.48. The summed E-state index contributed by atoms with van der Waals surface area (Å²) in [5.74, 6) is 0.806. The van der Waals surface area contributed by atoms with E-state index in [0.717, 1.165) is 23.4 Å². The van der Waals surface area contributed by atoms with Crippen LogP contribution in [0, 0.1) is 5.41 Å². The van der Waals surface area contributed by atoms with E-state index in [4.69, 9.17) is 0 Å². The first-order chi connectivity index (χ1) is 9.05. The topological polar surface area (TPSA) is 57.8 Å². The lowest BCUT2D eigenvalue weighted by Crippen LogP contribution is -2.26. The smallest absolute Gasteiger partial charge is 0.169 e. The monoisotopic (exact) mass is 255 g/mol. The highest BCUT2D eigenvalue weighted by atomic mass is 16.1. The molecule has 1 aliphatic rings. The number of hydrogen-bond acceptors (Lipinski definition) is 3. The highest BCUT2D eigenvalue weighted by molar-refractivity contribution is 6.03. The molecule has 3 rings (SSSR count). The summed E-state index contributed by atoms with van der Waals surface area (Å²) in [7, 11) is 0. The molecule has 0 saturated carbocycles. The molecule has 0 atom stereocenters. The van der Waals surface area contributed by atoms with Crippen molar-refractivity contribution >= 4 is 17.3 Å². The average Bonchev–Trinajstić information content (AvgIpc) is 2.72. The van der Waals surface area contributed by atoms with Gasteiger partial charge in [-0.15, -0.1) is 0 Å². The second-order valence-corrected chi connectivity index (χ2v) is 5.86. The van der Waals surface area contributed by atoms with E-state index < -0.39 is 0 Å². The Bertz CT molecular complexity index is 614. The number of aromatic nitrogens is 2. The molecular formula is C15H17N3O. The zero-order valence-corrected chi connectivity index (χ0v) is 11.2. The summed E-state index contributed by atoms with van der Waals surface area (Å²) in [6.07, 6.45) is 1.43. The minimum atomic E-state index is 0.0145. The fourth-order valence-electron chi connectivity index (χ4n) is 2.62. The van der Waals surface area contributed by atoms with Crippen LogP contribution in [0.4, 0.5) is 11.5 Å². The van der Waals surface area contributed by atoms with E-state index in [2.05, 4.69) is 29.4 Å². The predicted octanol–water partition coefficient (Wildman–Crippen LogP) is 3.31. The van der Waals surface area contributed by atoms with Crippen molar-refractivity contribution in [2.24, 2.45) is 5.41 Å². The van der Waals surface area contributed by atoms with Gasteiger partial charge in [-0.1, -0.05) is 32.0 Å². The summed E-state index contributed by atoms with van der Waals surface area (Å²) in [6.45, 7) is 4.22. The van der Waals surface area contributed by atoms with Gasteiger partial charge in [-0.05, 0) is 24.0 Å². The summed E-state index contributed by atoms with van der Waals surface area (Å²) >= 11 is 0. The van der Waals surface area contributed by atoms with Gasteiger partial charge in [0.1, 0.15) is 0 Å². The van der Waals surface area contributed by atoms with Gasteiger partial charge in [0.2, 0.25) is 0 Å². The van der Waals surface area contributed by atoms with Gasteiger partial charge in [-0.2, -0.15) is 5.10 Å². The molecule has 0 saturated heterocycles. The Hall–Kier alpha value is -2.10. The van der Waals surface area contributed by atoms with Crippen molar-refractivity contribution in [2.45, 2.75) is 26.7 Å².